The van der Waals surface area contributed by atoms with Gasteiger partial charge >= 0.3 is 0 Å². The molecule has 0 unspecified atom stereocenters. The maximum absolute atomic E-state index is 9.77. The van der Waals surface area contributed by atoms with Crippen LogP contribution < -0.4 is 20.9 Å². The van der Waals surface area contributed by atoms with Gasteiger partial charge in [-0.3, -0.25) is 0 Å². The minimum absolute atomic E-state index is 0.126. The fraction of sp³-hybridized carbons (Fsp3) is 0.269. The van der Waals surface area contributed by atoms with Crippen LogP contribution in [0.25, 0.3) is 11.1 Å². The van der Waals surface area contributed by atoms with Crippen LogP contribution in [-0.4, -0.2) is 28.3 Å². The molecule has 2 aromatic carbocycles. The summed E-state index contributed by atoms with van der Waals surface area (Å²) >= 11 is 0. The highest BCUT2D eigenvalue weighted by Crippen LogP contribution is 2.49. The zero-order chi connectivity index (χ0) is 24.1. The van der Waals surface area contributed by atoms with E-state index in [0.717, 1.165) is 35.1 Å². The fourth-order valence-electron chi connectivity index (χ4n) is 3.79. The van der Waals surface area contributed by atoms with Crippen LogP contribution in [0.15, 0.2) is 54.7 Å². The van der Waals surface area contributed by atoms with Gasteiger partial charge in [0.15, 0.2) is 0 Å². The van der Waals surface area contributed by atoms with Crippen molar-refractivity contribution in [1.29, 1.82) is 5.26 Å². The molecule has 0 bridgehead atoms. The third-order valence-electron chi connectivity index (χ3n) is 5.81. The topological polar surface area (TPSA) is 140 Å². The molecular weight excluding hydrogens is 430 g/mol. The lowest BCUT2D eigenvalue weighted by Crippen LogP contribution is -2.12. The number of aromatic nitrogens is 2. The molecule has 174 valence electrons. The minimum Gasteiger partial charge on any atom is -0.508 e. The van der Waals surface area contributed by atoms with Crippen molar-refractivity contribution in [3.05, 3.63) is 65.9 Å². The Kier molecular flexibility index (Phi) is 6.55. The quantitative estimate of drug-likeness (QED) is 0.405. The summed E-state index contributed by atoms with van der Waals surface area (Å²) in [7, 11) is 0. The van der Waals surface area contributed by atoms with Gasteiger partial charge in [0.05, 0.1) is 24.8 Å². The van der Waals surface area contributed by atoms with Crippen LogP contribution in [0, 0.1) is 16.7 Å². The second-order valence-electron chi connectivity index (χ2n) is 8.38. The highest BCUT2D eigenvalue weighted by molar-refractivity contribution is 5.78. The second-order valence-corrected chi connectivity index (χ2v) is 8.38. The zero-order valence-corrected chi connectivity index (χ0v) is 19.0. The van der Waals surface area contributed by atoms with Crippen molar-refractivity contribution in [1.82, 2.24) is 9.97 Å². The van der Waals surface area contributed by atoms with Gasteiger partial charge in [-0.15, -0.1) is 0 Å². The van der Waals surface area contributed by atoms with Crippen molar-refractivity contribution < 1.29 is 14.6 Å². The zero-order valence-electron chi connectivity index (χ0n) is 19.0. The summed E-state index contributed by atoms with van der Waals surface area (Å²) in [6.07, 6.45) is 7.47. The number of hydrogen-bond donors (Lipinski definition) is 3. The summed E-state index contributed by atoms with van der Waals surface area (Å²) in [5, 5.41) is 18.7. The van der Waals surface area contributed by atoms with E-state index in [2.05, 4.69) is 16.0 Å². The van der Waals surface area contributed by atoms with E-state index in [4.69, 9.17) is 26.2 Å². The van der Waals surface area contributed by atoms with Crippen LogP contribution in [-0.2, 0) is 6.42 Å². The largest absolute Gasteiger partial charge is 0.508 e. The SMILES string of the molecule is CCOc1cc(Cc2cnc(N)nc2N)cc(OCC2(C=CC#N)CC2)c1-c1ccc(O)cc1. The molecule has 0 aliphatic heterocycles. The molecule has 1 aliphatic rings. The van der Waals surface area contributed by atoms with Crippen LogP contribution >= 0.6 is 0 Å². The fourth-order valence-corrected chi connectivity index (χ4v) is 3.79. The number of hydrogen-bond acceptors (Lipinski definition) is 8. The summed E-state index contributed by atoms with van der Waals surface area (Å²) in [4.78, 5) is 8.12. The molecule has 34 heavy (non-hydrogen) atoms. The van der Waals surface area contributed by atoms with E-state index in [0.29, 0.717) is 37.0 Å². The smallest absolute Gasteiger partial charge is 0.221 e. The lowest BCUT2D eigenvalue weighted by Gasteiger charge is -2.20. The molecule has 1 aliphatic carbocycles. The first-order valence-corrected chi connectivity index (χ1v) is 11.1. The van der Waals surface area contributed by atoms with Crippen molar-refractivity contribution in [3.8, 4) is 34.4 Å². The summed E-state index contributed by atoms with van der Waals surface area (Å²) in [6, 6.07) is 12.9. The van der Waals surface area contributed by atoms with Crippen molar-refractivity contribution >= 4 is 11.8 Å². The summed E-state index contributed by atoms with van der Waals surface area (Å²) < 4.78 is 12.4. The van der Waals surface area contributed by atoms with Crippen molar-refractivity contribution in [2.75, 3.05) is 24.7 Å². The van der Waals surface area contributed by atoms with Crippen LogP contribution in [0.4, 0.5) is 11.8 Å². The summed E-state index contributed by atoms with van der Waals surface area (Å²) in [6.45, 7) is 2.83. The number of aromatic hydroxyl groups is 1. The molecule has 5 N–H and O–H groups in total. The Morgan fingerprint density at radius 2 is 1.85 bits per heavy atom. The van der Waals surface area contributed by atoms with Crippen LogP contribution in [0.1, 0.15) is 30.9 Å². The van der Waals surface area contributed by atoms with Gasteiger partial charge in [0.25, 0.3) is 0 Å². The van der Waals surface area contributed by atoms with Gasteiger partial charge in [0.1, 0.15) is 23.1 Å². The molecule has 8 heteroatoms. The van der Waals surface area contributed by atoms with Gasteiger partial charge in [-0.2, -0.15) is 10.2 Å². The van der Waals surface area contributed by atoms with E-state index in [1.807, 2.05) is 37.3 Å². The molecule has 8 nitrogen and oxygen atoms in total. The molecule has 1 fully saturated rings. The molecule has 1 aromatic heterocycles. The summed E-state index contributed by atoms with van der Waals surface area (Å²) in [5.41, 5.74) is 14.9. The Labute approximate surface area is 198 Å². The standard InChI is InChI=1S/C26H27N5O3/c1-2-33-21-13-17(12-19-15-30-25(29)31-24(19)28)14-22(23(21)18-4-6-20(32)7-5-18)34-16-26(9-10-26)8-3-11-27/h3-8,13-15,32H,2,9-10,12,16H2,1H3,(H4,28,29,30,31). The van der Waals surface area contributed by atoms with Gasteiger partial charge < -0.3 is 26.0 Å². The van der Waals surface area contributed by atoms with E-state index in [-0.39, 0.29) is 17.1 Å². The van der Waals surface area contributed by atoms with Crippen molar-refractivity contribution in [2.24, 2.45) is 5.41 Å². The Hall–Kier alpha value is -4.25. The third kappa shape index (κ3) is 5.21. The molecule has 1 saturated carbocycles. The molecule has 0 spiro atoms. The molecule has 1 heterocycles. The predicted octanol–water partition coefficient (Wildman–Crippen LogP) is 4.24. The average Bonchev–Trinajstić information content (AvgIpc) is 3.59. The molecule has 0 atom stereocenters. The van der Waals surface area contributed by atoms with Gasteiger partial charge in [0.2, 0.25) is 5.95 Å². The third-order valence-corrected chi connectivity index (χ3v) is 5.81. The van der Waals surface area contributed by atoms with Crippen LogP contribution in [0.2, 0.25) is 0 Å². The van der Waals surface area contributed by atoms with E-state index in [1.54, 1.807) is 18.3 Å². The number of nitrogens with zero attached hydrogens (tertiary/aromatic N) is 3. The Balaban J connectivity index is 1.76. The number of phenolic OH excluding ortho intramolecular Hbond substituents is 1. The monoisotopic (exact) mass is 457 g/mol. The molecule has 4 rings (SSSR count). The first-order valence-electron chi connectivity index (χ1n) is 11.1. The van der Waals surface area contributed by atoms with Gasteiger partial charge in [-0.1, -0.05) is 18.2 Å². The predicted molar refractivity (Wildman–Crippen MR) is 130 cm³/mol. The van der Waals surface area contributed by atoms with Gasteiger partial charge in [-0.05, 0) is 55.2 Å². The number of nitriles is 1. The van der Waals surface area contributed by atoms with E-state index in [1.165, 1.54) is 6.08 Å². The number of nitrogen functional groups attached to an aromatic ring is 2. The number of benzene rings is 2. The molecule has 0 saturated heterocycles. The van der Waals surface area contributed by atoms with Crippen molar-refractivity contribution in [3.63, 3.8) is 0 Å². The van der Waals surface area contributed by atoms with E-state index >= 15 is 0 Å². The Bertz CT molecular complexity index is 1240. The lowest BCUT2D eigenvalue weighted by molar-refractivity contribution is 0.263. The van der Waals surface area contributed by atoms with Crippen molar-refractivity contribution in [2.45, 2.75) is 26.2 Å². The number of allylic oxidation sites excluding steroid dienone is 1. The first kappa shape index (κ1) is 22.9. The number of rotatable bonds is 9. The highest BCUT2D eigenvalue weighted by atomic mass is 16.5. The van der Waals surface area contributed by atoms with Crippen LogP contribution in [0.5, 0.6) is 17.2 Å². The molecule has 3 aromatic rings. The molecule has 0 amide bonds. The highest BCUT2D eigenvalue weighted by Gasteiger charge is 2.41. The van der Waals surface area contributed by atoms with Gasteiger partial charge in [-0.25, -0.2) is 4.98 Å². The summed E-state index contributed by atoms with van der Waals surface area (Å²) in [5.74, 6) is 1.95. The molecule has 0 radical (unpaired) electrons. The van der Waals surface area contributed by atoms with E-state index in [9.17, 15) is 5.11 Å². The second kappa shape index (κ2) is 9.71. The Morgan fingerprint density at radius 1 is 1.15 bits per heavy atom. The minimum atomic E-state index is -0.126. The van der Waals surface area contributed by atoms with Gasteiger partial charge in [0, 0.05) is 29.7 Å². The van der Waals surface area contributed by atoms with Crippen LogP contribution in [0.3, 0.4) is 0 Å². The number of phenols is 1. The number of ether oxygens (including phenoxy) is 2. The average molecular weight is 458 g/mol. The lowest BCUT2D eigenvalue weighted by atomic mass is 9.98. The first-order chi connectivity index (χ1) is 16.4. The number of anilines is 2. The number of nitrogens with two attached hydrogens (primary N) is 2. The Morgan fingerprint density at radius 3 is 2.47 bits per heavy atom. The van der Waals surface area contributed by atoms with E-state index < -0.39 is 0 Å². The normalized spacial score (nSPS) is 14.0. The maximum atomic E-state index is 9.77. The maximum Gasteiger partial charge on any atom is 0.221 e. The molecular formula is C26H27N5O3.